The molecule has 0 heterocycles. The van der Waals surface area contributed by atoms with Crippen LogP contribution in [-0.2, 0) is 68.5 Å². The molecular formula is C57H94N4O16. The second-order valence-corrected chi connectivity index (χ2v) is 19.7. The topological polar surface area (TPSA) is 299 Å². The van der Waals surface area contributed by atoms with E-state index in [0.717, 1.165) is 50.5 Å². The van der Waals surface area contributed by atoms with Gasteiger partial charge in [-0.1, -0.05) is 96.1 Å². The second kappa shape index (κ2) is 46.9. The minimum Gasteiger partial charge on any atom is -0.508 e. The van der Waals surface area contributed by atoms with E-state index in [9.17, 15) is 53.4 Å². The number of Topliss-reactive ketones (excluding diaryl/α,β-unsaturated/α-hetero) is 4. The molecule has 0 bridgehead atoms. The van der Waals surface area contributed by atoms with Crippen LogP contribution in [0.1, 0.15) is 180 Å². The monoisotopic (exact) mass is 1090 g/mol. The van der Waals surface area contributed by atoms with E-state index in [4.69, 9.17) is 24.1 Å². The Bertz CT molecular complexity index is 1830. The number of aliphatic carboxylic acids is 2. The highest BCUT2D eigenvalue weighted by Crippen LogP contribution is 2.18. The summed E-state index contributed by atoms with van der Waals surface area (Å²) in [5, 5.41) is 39.0. The number of phenolic OH excluding ortho intramolecular Hbond substituents is 1. The Morgan fingerprint density at radius 3 is 1.65 bits per heavy atom. The molecule has 7 N–H and O–H groups in total. The van der Waals surface area contributed by atoms with Crippen LogP contribution in [0, 0.1) is 5.92 Å². The zero-order valence-electron chi connectivity index (χ0n) is 46.4. The quantitative estimate of drug-likeness (QED) is 0.0341. The third-order valence-electron chi connectivity index (χ3n) is 12.8. The number of carbonyl (C=O) groups is 9. The summed E-state index contributed by atoms with van der Waals surface area (Å²) in [6.07, 6.45) is 18.7. The van der Waals surface area contributed by atoms with E-state index >= 15 is 0 Å². The highest BCUT2D eigenvalue weighted by molar-refractivity contribution is 5.91. The first-order chi connectivity index (χ1) is 37.1. The van der Waals surface area contributed by atoms with E-state index < -0.39 is 29.9 Å². The Morgan fingerprint density at radius 2 is 1.06 bits per heavy atom. The smallest absolute Gasteiger partial charge is 0.306 e. The average Bonchev–Trinajstić information content (AvgIpc) is 3.39. The molecule has 0 saturated heterocycles. The predicted molar refractivity (Wildman–Crippen MR) is 290 cm³/mol. The molecule has 438 valence electrons. The fourth-order valence-electron chi connectivity index (χ4n) is 8.38. The number of aromatic hydroxyl groups is 1. The summed E-state index contributed by atoms with van der Waals surface area (Å²) in [7, 11) is 0. The number of carboxylic acid groups (broad SMARTS) is 2. The van der Waals surface area contributed by atoms with Crippen LogP contribution in [0.4, 0.5) is 0 Å². The normalized spacial score (nSPS) is 12.3. The van der Waals surface area contributed by atoms with Crippen molar-refractivity contribution in [3.63, 3.8) is 0 Å². The SMILES string of the molecule is CCC(=O)[C@H](CCCCNC(=O)COCCOCCCC(=O)COCCOCCNC(=O)CC[C@H](CC(=O)CCCCCCCCCCCCCCCCC(=O)O)C(=O)O)NCC(=O)[C@@H](Cc1ccc(O)cc1)NC(C)=O. The molecule has 0 saturated carbocycles. The van der Waals surface area contributed by atoms with Crippen molar-refractivity contribution in [1.29, 1.82) is 0 Å². The first-order valence-electron chi connectivity index (χ1n) is 28.3. The number of unbranched alkanes of at least 4 members (excludes halogenated alkanes) is 14. The Hall–Kier alpha value is -5.15. The maximum atomic E-state index is 13.0. The minimum absolute atomic E-state index is 0.0119. The standard InChI is InChI=1S/C57H94N4O16/c1-3-52(66)50(60-41-53(67)51(61-44(2)62)39-45-25-28-47(63)29-26-45)23-18-19-31-58-55(69)43-77-38-35-74-33-20-22-49(65)42-76-37-36-75-34-32-59-54(68)30-27-46(57(72)73)40-48(64)21-16-14-12-10-8-6-4-5-7-9-11-13-15-17-24-56(70)71/h25-26,28-29,46,50-51,60,63H,3-24,27,30-43H2,1-2H3,(H,58,69)(H,59,68)(H,61,62)(H,70,71)(H,72,73)/t46-,50+,51-/m1/s1. The molecule has 77 heavy (non-hydrogen) atoms. The van der Waals surface area contributed by atoms with Crippen molar-refractivity contribution >= 4 is 52.8 Å². The molecule has 20 nitrogen and oxygen atoms in total. The zero-order chi connectivity index (χ0) is 56.7. The lowest BCUT2D eigenvalue weighted by Gasteiger charge is -2.21. The van der Waals surface area contributed by atoms with Crippen LogP contribution >= 0.6 is 0 Å². The van der Waals surface area contributed by atoms with Crippen molar-refractivity contribution in [2.24, 2.45) is 5.92 Å². The third-order valence-corrected chi connectivity index (χ3v) is 12.8. The van der Waals surface area contributed by atoms with E-state index in [1.165, 1.54) is 64.0 Å². The highest BCUT2D eigenvalue weighted by Gasteiger charge is 2.24. The van der Waals surface area contributed by atoms with Gasteiger partial charge in [-0.05, 0) is 69.1 Å². The lowest BCUT2D eigenvalue weighted by molar-refractivity contribution is -0.144. The van der Waals surface area contributed by atoms with Gasteiger partial charge in [0, 0.05) is 65.1 Å². The molecule has 0 aliphatic rings. The molecule has 3 amide bonds. The maximum absolute atomic E-state index is 13.0. The number of nitrogens with one attached hydrogen (secondary N) is 4. The van der Waals surface area contributed by atoms with E-state index in [-0.39, 0.29) is 151 Å². The number of ether oxygens (including phenoxy) is 4. The van der Waals surface area contributed by atoms with Gasteiger partial charge in [0.1, 0.15) is 30.5 Å². The van der Waals surface area contributed by atoms with Crippen molar-refractivity contribution in [2.45, 2.75) is 193 Å². The van der Waals surface area contributed by atoms with Gasteiger partial charge in [0.15, 0.2) is 11.6 Å². The van der Waals surface area contributed by atoms with E-state index in [1.807, 2.05) is 0 Å². The Kier molecular flexibility index (Phi) is 42.6. The molecule has 1 aromatic rings. The first kappa shape index (κ1) is 69.9. The van der Waals surface area contributed by atoms with Crippen molar-refractivity contribution in [1.82, 2.24) is 21.3 Å². The van der Waals surface area contributed by atoms with Gasteiger partial charge in [0.2, 0.25) is 17.7 Å². The molecular weight excluding hydrogens is 997 g/mol. The summed E-state index contributed by atoms with van der Waals surface area (Å²) >= 11 is 0. The second-order valence-electron chi connectivity index (χ2n) is 19.7. The molecule has 0 aliphatic carbocycles. The van der Waals surface area contributed by atoms with Crippen LogP contribution in [-0.4, -0.2) is 153 Å². The summed E-state index contributed by atoms with van der Waals surface area (Å²) in [6.45, 7) is 4.73. The van der Waals surface area contributed by atoms with Gasteiger partial charge in [-0.25, -0.2) is 0 Å². The van der Waals surface area contributed by atoms with Gasteiger partial charge in [-0.2, -0.15) is 0 Å². The molecule has 0 unspecified atom stereocenters. The molecule has 0 aliphatic heterocycles. The predicted octanol–water partition coefficient (Wildman–Crippen LogP) is 6.53. The van der Waals surface area contributed by atoms with Gasteiger partial charge < -0.3 is 55.5 Å². The Balaban J connectivity index is 2.01. The zero-order valence-corrected chi connectivity index (χ0v) is 46.4. The molecule has 0 radical (unpaired) electrons. The van der Waals surface area contributed by atoms with Crippen LogP contribution in [0.15, 0.2) is 24.3 Å². The fourth-order valence-corrected chi connectivity index (χ4v) is 8.38. The average molecular weight is 1090 g/mol. The van der Waals surface area contributed by atoms with Crippen LogP contribution in [0.2, 0.25) is 0 Å². The summed E-state index contributed by atoms with van der Waals surface area (Å²) < 4.78 is 21.7. The molecule has 1 aromatic carbocycles. The number of benzene rings is 1. The summed E-state index contributed by atoms with van der Waals surface area (Å²) in [5.74, 6) is -4.07. The number of amides is 3. The molecule has 1 rings (SSSR count). The Labute approximate surface area is 457 Å². The van der Waals surface area contributed by atoms with E-state index in [0.29, 0.717) is 45.3 Å². The number of phenols is 1. The number of carbonyl (C=O) groups excluding carboxylic acids is 7. The number of hydrogen-bond donors (Lipinski definition) is 7. The third kappa shape index (κ3) is 41.6. The number of rotatable bonds is 54. The van der Waals surface area contributed by atoms with Gasteiger partial charge in [-0.3, -0.25) is 43.2 Å². The highest BCUT2D eigenvalue weighted by atomic mass is 16.5. The van der Waals surface area contributed by atoms with Crippen LogP contribution in [0.25, 0.3) is 0 Å². The van der Waals surface area contributed by atoms with Crippen molar-refractivity contribution in [3.05, 3.63) is 29.8 Å². The summed E-state index contributed by atoms with van der Waals surface area (Å²) in [5.41, 5.74) is 0.763. The minimum atomic E-state index is -1.08. The first-order valence-corrected chi connectivity index (χ1v) is 28.3. The maximum Gasteiger partial charge on any atom is 0.306 e. The molecule has 0 fully saturated rings. The Morgan fingerprint density at radius 1 is 0.519 bits per heavy atom. The summed E-state index contributed by atoms with van der Waals surface area (Å²) in [4.78, 5) is 109. The molecule has 20 heteroatoms. The van der Waals surface area contributed by atoms with Gasteiger partial charge >= 0.3 is 11.9 Å². The van der Waals surface area contributed by atoms with Crippen LogP contribution in [0.5, 0.6) is 5.75 Å². The molecule has 0 spiro atoms. The number of hydrogen-bond acceptors (Lipinski definition) is 15. The van der Waals surface area contributed by atoms with E-state index in [1.54, 1.807) is 19.1 Å². The lowest BCUT2D eigenvalue weighted by Crippen LogP contribution is -2.48. The summed E-state index contributed by atoms with van der Waals surface area (Å²) in [6, 6.07) is 5.02. The van der Waals surface area contributed by atoms with Gasteiger partial charge in [-0.15, -0.1) is 0 Å². The van der Waals surface area contributed by atoms with Crippen LogP contribution < -0.4 is 21.3 Å². The van der Waals surface area contributed by atoms with Crippen molar-refractivity contribution < 1.29 is 77.4 Å². The lowest BCUT2D eigenvalue weighted by atomic mass is 9.94. The number of carboxylic acids is 2. The van der Waals surface area contributed by atoms with Gasteiger partial charge in [0.25, 0.3) is 0 Å². The van der Waals surface area contributed by atoms with Crippen LogP contribution in [0.3, 0.4) is 0 Å². The van der Waals surface area contributed by atoms with Crippen molar-refractivity contribution in [3.8, 4) is 5.75 Å². The molecule has 0 aromatic heterocycles. The van der Waals surface area contributed by atoms with Gasteiger partial charge in [0.05, 0.1) is 57.6 Å². The number of ketones is 4. The van der Waals surface area contributed by atoms with E-state index in [2.05, 4.69) is 21.3 Å². The molecule has 3 atom stereocenters. The fraction of sp³-hybridized carbons (Fsp3) is 0.737. The van der Waals surface area contributed by atoms with Crippen molar-refractivity contribution in [2.75, 3.05) is 72.5 Å². The largest absolute Gasteiger partial charge is 0.508 e.